The van der Waals surface area contributed by atoms with Crippen LogP contribution in [-0.4, -0.2) is 24.1 Å². The van der Waals surface area contributed by atoms with Gasteiger partial charge in [0.2, 0.25) is 0 Å². The van der Waals surface area contributed by atoms with Gasteiger partial charge in [0.25, 0.3) is 0 Å². The molecule has 3 aromatic carbocycles. The van der Waals surface area contributed by atoms with Crippen molar-refractivity contribution in [2.45, 2.75) is 63.9 Å². The molecule has 14 heteroatoms. The van der Waals surface area contributed by atoms with Crippen molar-refractivity contribution < 1.29 is 65.0 Å². The van der Waals surface area contributed by atoms with E-state index in [0.717, 1.165) is 32.0 Å². The van der Waals surface area contributed by atoms with E-state index in [1.54, 1.807) is 0 Å². The summed E-state index contributed by atoms with van der Waals surface area (Å²) in [6.07, 6.45) is -18.6. The molecule has 0 bridgehead atoms. The molecule has 0 radical (unpaired) electrons. The zero-order chi connectivity index (χ0) is 37.1. The lowest BCUT2D eigenvalue weighted by Gasteiger charge is -2.25. The van der Waals surface area contributed by atoms with Crippen LogP contribution in [0, 0.1) is 5.82 Å². The highest BCUT2D eigenvalue weighted by Gasteiger charge is 2.44. The average Bonchev–Trinajstić information content (AvgIpc) is 3.24. The van der Waals surface area contributed by atoms with E-state index in [2.05, 4.69) is 0 Å². The predicted octanol–water partition coefficient (Wildman–Crippen LogP) is 9.76. The van der Waals surface area contributed by atoms with Crippen LogP contribution in [0.2, 0.25) is 0 Å². The summed E-state index contributed by atoms with van der Waals surface area (Å²) in [7, 11) is -3.20. The maximum Gasteiger partial charge on any atom is 0.416 e. The van der Waals surface area contributed by atoms with Gasteiger partial charge in [0.05, 0.1) is 40.4 Å². The number of carbonyl (C=O) groups is 1. The largest absolute Gasteiger partial charge is 0.496 e. The van der Waals surface area contributed by atoms with E-state index in [0.29, 0.717) is 29.2 Å². The average molecular weight is 643 g/mol. The summed E-state index contributed by atoms with van der Waals surface area (Å²) in [4.78, 5) is 13.8. The standard InChI is InChI=1S/C30H25F10NO3/c1-14(2)24-22(31)7-8-23(43-4)25(24)21-6-5-18(28(32,33)34)11-17(21)13-41-15(3)26(44-27(41)42)16-9-19(29(35,36)37)12-20(10-16)30(38,39)40/h5-12,14-15,26H,13H2,1-4H3/t15-,26-/m0/s1/i1D,4D3,14D/t14?,15-,26-. The van der Waals surface area contributed by atoms with Crippen molar-refractivity contribution in [3.05, 3.63) is 87.7 Å². The molecule has 1 aliphatic rings. The van der Waals surface area contributed by atoms with Crippen LogP contribution in [-0.2, 0) is 29.8 Å². The highest BCUT2D eigenvalue weighted by molar-refractivity contribution is 5.79. The fourth-order valence-corrected chi connectivity index (χ4v) is 4.96. The van der Waals surface area contributed by atoms with Crippen molar-refractivity contribution in [3.8, 4) is 16.9 Å². The minimum Gasteiger partial charge on any atom is -0.496 e. The fourth-order valence-electron chi connectivity index (χ4n) is 4.96. The number of rotatable bonds is 6. The summed E-state index contributed by atoms with van der Waals surface area (Å²) in [5.41, 5.74) is -7.44. The van der Waals surface area contributed by atoms with Crippen molar-refractivity contribution in [1.29, 1.82) is 0 Å². The maximum atomic E-state index is 15.4. The molecule has 4 rings (SSSR count). The van der Waals surface area contributed by atoms with E-state index in [4.69, 9.17) is 16.3 Å². The van der Waals surface area contributed by atoms with Crippen LogP contribution >= 0.6 is 0 Å². The molecule has 1 unspecified atom stereocenters. The summed E-state index contributed by atoms with van der Waals surface area (Å²) >= 11 is 0. The normalized spacial score (nSPS) is 21.0. The molecule has 3 aromatic rings. The third-order valence-corrected chi connectivity index (χ3v) is 7.03. The Kier molecular flexibility index (Phi) is 6.91. The minimum atomic E-state index is -5.24. The molecule has 0 aliphatic carbocycles. The number of hydrogen-bond acceptors (Lipinski definition) is 3. The number of halogens is 10. The summed E-state index contributed by atoms with van der Waals surface area (Å²) in [6.45, 7) is 0.547. The van der Waals surface area contributed by atoms with Gasteiger partial charge in [0, 0.05) is 13.9 Å². The maximum absolute atomic E-state index is 15.4. The van der Waals surface area contributed by atoms with E-state index in [1.807, 2.05) is 0 Å². The van der Waals surface area contributed by atoms with Gasteiger partial charge in [-0.15, -0.1) is 0 Å². The molecule has 238 valence electrons. The van der Waals surface area contributed by atoms with Crippen LogP contribution in [0.5, 0.6) is 5.75 Å². The van der Waals surface area contributed by atoms with E-state index in [9.17, 15) is 44.3 Å². The van der Waals surface area contributed by atoms with Gasteiger partial charge in [-0.3, -0.25) is 4.90 Å². The van der Waals surface area contributed by atoms with Crippen molar-refractivity contribution >= 4 is 6.09 Å². The molecule has 4 nitrogen and oxygen atoms in total. The van der Waals surface area contributed by atoms with E-state index in [1.165, 1.54) is 0 Å². The van der Waals surface area contributed by atoms with E-state index < -0.39 is 114 Å². The van der Waals surface area contributed by atoms with Crippen molar-refractivity contribution in [1.82, 2.24) is 4.90 Å². The number of alkyl halides is 9. The summed E-state index contributed by atoms with van der Waals surface area (Å²) in [5, 5.41) is 0. The quantitative estimate of drug-likeness (QED) is 0.252. The third-order valence-electron chi connectivity index (χ3n) is 7.03. The van der Waals surface area contributed by atoms with Crippen LogP contribution in [0.3, 0.4) is 0 Å². The molecule has 44 heavy (non-hydrogen) atoms. The first-order valence-electron chi connectivity index (χ1n) is 15.2. The zero-order valence-electron chi connectivity index (χ0n) is 27.6. The highest BCUT2D eigenvalue weighted by Crippen LogP contribution is 2.45. The number of methoxy groups -OCH3 is 1. The molecule has 1 fully saturated rings. The molecule has 3 atom stereocenters. The van der Waals surface area contributed by atoms with Gasteiger partial charge >= 0.3 is 24.6 Å². The van der Waals surface area contributed by atoms with Gasteiger partial charge in [-0.1, -0.05) is 19.9 Å². The Labute approximate surface area is 252 Å². The molecule has 0 spiro atoms. The number of benzene rings is 3. The second-order valence-electron chi connectivity index (χ2n) is 10.1. The topological polar surface area (TPSA) is 38.8 Å². The molecule has 0 aromatic heterocycles. The van der Waals surface area contributed by atoms with Crippen LogP contribution in [0.1, 0.15) is 73.0 Å². The smallest absolute Gasteiger partial charge is 0.416 e. The monoisotopic (exact) mass is 642 g/mol. The van der Waals surface area contributed by atoms with Crippen LogP contribution in [0.15, 0.2) is 48.5 Å². The highest BCUT2D eigenvalue weighted by atomic mass is 19.4. The number of carbonyl (C=O) groups excluding carboxylic acids is 1. The third kappa shape index (κ3) is 6.43. The summed E-state index contributed by atoms with van der Waals surface area (Å²) < 4.78 is 187. The van der Waals surface area contributed by atoms with Crippen molar-refractivity contribution in [3.63, 3.8) is 0 Å². The van der Waals surface area contributed by atoms with Crippen molar-refractivity contribution in [2.24, 2.45) is 0 Å². The Hall–Kier alpha value is -3.97. The van der Waals surface area contributed by atoms with Crippen LogP contribution < -0.4 is 4.74 Å². The first-order valence-corrected chi connectivity index (χ1v) is 12.5. The molecule has 1 aliphatic heterocycles. The minimum absolute atomic E-state index is 0.135. The Balaban J connectivity index is 1.92. The van der Waals surface area contributed by atoms with Crippen molar-refractivity contribution in [2.75, 3.05) is 7.04 Å². The van der Waals surface area contributed by atoms with Gasteiger partial charge in [0.1, 0.15) is 17.7 Å². The fraction of sp³-hybridized carbons (Fsp3) is 0.367. The van der Waals surface area contributed by atoms with E-state index >= 15 is 4.39 Å². The first-order chi connectivity index (χ1) is 22.2. The molecule has 0 N–H and O–H groups in total. The Morgan fingerprint density at radius 3 is 2.09 bits per heavy atom. The molecule has 1 amide bonds. The number of cyclic esters (lactones) is 1. The number of amides is 1. The second kappa shape index (κ2) is 11.5. The predicted molar refractivity (Wildman–Crippen MR) is 138 cm³/mol. The van der Waals surface area contributed by atoms with Gasteiger partial charge in [0.15, 0.2) is 0 Å². The lowest BCUT2D eigenvalue weighted by molar-refractivity contribution is -0.143. The Morgan fingerprint density at radius 2 is 1.55 bits per heavy atom. The number of nitrogens with zero attached hydrogens (tertiary/aromatic N) is 1. The van der Waals surface area contributed by atoms with Crippen LogP contribution in [0.4, 0.5) is 48.7 Å². The van der Waals surface area contributed by atoms with Gasteiger partial charge in [-0.2, -0.15) is 39.5 Å². The molecule has 1 heterocycles. The van der Waals surface area contributed by atoms with E-state index in [-0.39, 0.29) is 11.6 Å². The summed E-state index contributed by atoms with van der Waals surface area (Å²) in [5.74, 6) is -3.91. The zero-order valence-corrected chi connectivity index (χ0v) is 22.6. The summed E-state index contributed by atoms with van der Waals surface area (Å²) in [6, 6.07) is 2.59. The van der Waals surface area contributed by atoms with Gasteiger partial charge in [-0.05, 0) is 72.0 Å². The van der Waals surface area contributed by atoms with Gasteiger partial charge in [-0.25, -0.2) is 9.18 Å². The Bertz CT molecular complexity index is 1710. The van der Waals surface area contributed by atoms with Crippen LogP contribution in [0.25, 0.3) is 11.1 Å². The molecule has 0 saturated carbocycles. The molecular formula is C30H25F10NO3. The second-order valence-corrected chi connectivity index (χ2v) is 10.1. The lowest BCUT2D eigenvalue weighted by Crippen LogP contribution is -2.32. The number of hydrogen-bond donors (Lipinski definition) is 0. The molecular weight excluding hydrogens is 612 g/mol. The SMILES string of the molecule is [2H]CC([2H])(C)c1c(F)ccc(OC([2H])([2H])[2H])c1-c1ccc(C(F)(F)F)cc1CN1C(=O)O[C@H](c2cc(C(F)(F)F)cc(C(F)(F)F)c2)[C@@H]1C. The Morgan fingerprint density at radius 1 is 0.932 bits per heavy atom. The van der Waals surface area contributed by atoms with Gasteiger partial charge < -0.3 is 9.47 Å². The lowest BCUT2D eigenvalue weighted by atomic mass is 9.88. The molecule has 1 saturated heterocycles. The number of ether oxygens (including phenoxy) is 2. The first kappa shape index (κ1) is 26.4.